The van der Waals surface area contributed by atoms with Gasteiger partial charge >= 0.3 is 0 Å². The zero-order valence-electron chi connectivity index (χ0n) is 18.6. The molecule has 2 aliphatic heterocycles. The zero-order valence-corrected chi connectivity index (χ0v) is 23.6. The summed E-state index contributed by atoms with van der Waals surface area (Å²) in [6, 6.07) is 28.1. The quantitative estimate of drug-likeness (QED) is 0.217. The summed E-state index contributed by atoms with van der Waals surface area (Å²) in [6.45, 7) is 0. The van der Waals surface area contributed by atoms with Gasteiger partial charge in [-0.15, -0.1) is 45.3 Å². The molecule has 0 radical (unpaired) electrons. The minimum Gasteiger partial charge on any atom is -0.309 e. The van der Waals surface area contributed by atoms with Crippen LogP contribution in [0.4, 0.5) is 0 Å². The molecule has 4 aromatic heterocycles. The first-order chi connectivity index (χ1) is 17.6. The van der Waals surface area contributed by atoms with E-state index >= 15 is 0 Å². The van der Waals surface area contributed by atoms with Crippen molar-refractivity contribution in [3.63, 3.8) is 0 Å². The third kappa shape index (κ3) is 2.67. The highest BCUT2D eigenvalue weighted by Crippen LogP contribution is 2.60. The summed E-state index contributed by atoms with van der Waals surface area (Å²) < 4.78 is 29.4. The van der Waals surface area contributed by atoms with Gasteiger partial charge in [0.1, 0.15) is 0 Å². The molecular weight excluding hydrogens is 559 g/mol. The lowest BCUT2D eigenvalue weighted by molar-refractivity contribution is 0.592. The molecular formula is C28H16O2P2S4. The van der Waals surface area contributed by atoms with Crippen LogP contribution in [-0.4, -0.2) is 0 Å². The molecule has 174 valence electrons. The number of thiophene rings is 4. The van der Waals surface area contributed by atoms with E-state index in [9.17, 15) is 9.13 Å². The molecule has 0 saturated heterocycles. The molecule has 0 fully saturated rings. The Morgan fingerprint density at radius 3 is 1.31 bits per heavy atom. The van der Waals surface area contributed by atoms with Crippen LogP contribution < -0.4 is 31.8 Å². The highest BCUT2D eigenvalue weighted by molar-refractivity contribution is 7.88. The van der Waals surface area contributed by atoms with Crippen molar-refractivity contribution in [2.45, 2.75) is 0 Å². The fraction of sp³-hybridized carbons (Fsp3) is 0. The lowest BCUT2D eigenvalue weighted by Gasteiger charge is -2.13. The van der Waals surface area contributed by atoms with Gasteiger partial charge in [-0.25, -0.2) is 0 Å². The van der Waals surface area contributed by atoms with Gasteiger partial charge < -0.3 is 9.13 Å². The first-order valence-corrected chi connectivity index (χ1v) is 18.2. The van der Waals surface area contributed by atoms with E-state index in [-0.39, 0.29) is 0 Å². The number of hydrogen-bond acceptors (Lipinski definition) is 6. The predicted octanol–water partition coefficient (Wildman–Crippen LogP) is 6.84. The molecule has 6 heterocycles. The van der Waals surface area contributed by atoms with Gasteiger partial charge in [0, 0.05) is 41.6 Å². The molecule has 0 spiro atoms. The van der Waals surface area contributed by atoms with Crippen LogP contribution in [0.2, 0.25) is 0 Å². The summed E-state index contributed by atoms with van der Waals surface area (Å²) in [5, 5.41) is 9.72. The zero-order chi connectivity index (χ0) is 24.1. The average molecular weight is 575 g/mol. The second-order valence-corrected chi connectivity index (χ2v) is 18.1. The Morgan fingerprint density at radius 1 is 0.472 bits per heavy atom. The van der Waals surface area contributed by atoms with Gasteiger partial charge in [0.15, 0.2) is 14.3 Å². The fourth-order valence-electron chi connectivity index (χ4n) is 5.33. The Kier molecular flexibility index (Phi) is 4.60. The van der Waals surface area contributed by atoms with Crippen molar-refractivity contribution in [2.75, 3.05) is 0 Å². The fourth-order valence-corrected chi connectivity index (χ4v) is 17.9. The Bertz CT molecular complexity index is 1770. The van der Waals surface area contributed by atoms with Crippen LogP contribution in [0.5, 0.6) is 0 Å². The second-order valence-electron chi connectivity index (χ2n) is 8.81. The normalized spacial score (nSPS) is 21.2. The van der Waals surface area contributed by atoms with E-state index in [1.807, 2.05) is 72.8 Å². The maximum absolute atomic E-state index is 14.7. The highest BCUT2D eigenvalue weighted by atomic mass is 32.1. The Morgan fingerprint density at radius 2 is 0.889 bits per heavy atom. The third-order valence-electron chi connectivity index (χ3n) is 6.97. The Balaban J connectivity index is 1.33. The van der Waals surface area contributed by atoms with Gasteiger partial charge in [0.2, 0.25) is 0 Å². The summed E-state index contributed by atoms with van der Waals surface area (Å²) in [7, 11) is -5.79. The van der Waals surface area contributed by atoms with Crippen LogP contribution in [0.1, 0.15) is 0 Å². The molecule has 6 aromatic rings. The van der Waals surface area contributed by atoms with E-state index in [4.69, 9.17) is 0 Å². The van der Waals surface area contributed by atoms with Gasteiger partial charge in [-0.05, 0) is 35.0 Å². The number of fused-ring (bicyclic) bond motifs is 6. The molecule has 2 nitrogen and oxygen atoms in total. The van der Waals surface area contributed by atoms with Gasteiger partial charge in [0.25, 0.3) is 0 Å². The van der Waals surface area contributed by atoms with E-state index in [2.05, 4.69) is 22.9 Å². The van der Waals surface area contributed by atoms with E-state index < -0.39 is 14.3 Å². The molecule has 2 aromatic carbocycles. The topological polar surface area (TPSA) is 34.1 Å². The SMILES string of the molecule is O=P1(c2ccccc2)c2ccsc2-c2sc(-c3cc4c(s3)-c3sccc3P4(=O)c3ccccc3)cc21. The lowest BCUT2D eigenvalue weighted by atomic mass is 10.3. The standard InChI is InChI=1S/C28H16O2P2S4/c29-31(17-7-3-1-4-8-17)19-11-13-33-25(19)27-21(31)15-23(35-27)24-16-22-28(36-24)26-20(12-14-34-26)32(22,30)18-9-5-2-6-10-18/h1-16H. The Labute approximate surface area is 224 Å². The number of hydrogen-bond donors (Lipinski definition) is 0. The maximum Gasteiger partial charge on any atom is 0.173 e. The van der Waals surface area contributed by atoms with Gasteiger partial charge in [-0.2, -0.15) is 0 Å². The minimum absolute atomic E-state index is 0.887. The summed E-state index contributed by atoms with van der Waals surface area (Å²) in [5.74, 6) is 0. The van der Waals surface area contributed by atoms with Crippen LogP contribution in [0.15, 0.2) is 95.7 Å². The molecule has 2 atom stereocenters. The molecule has 0 bridgehead atoms. The summed E-state index contributed by atoms with van der Waals surface area (Å²) in [4.78, 5) is 6.72. The first-order valence-electron chi connectivity index (χ1n) is 11.4. The van der Waals surface area contributed by atoms with E-state index in [0.717, 1.165) is 61.1 Å². The summed E-state index contributed by atoms with van der Waals surface area (Å²) >= 11 is 6.78. The van der Waals surface area contributed by atoms with Crippen LogP contribution in [-0.2, 0) is 9.13 Å². The molecule has 36 heavy (non-hydrogen) atoms. The lowest BCUT2D eigenvalue weighted by Crippen LogP contribution is -2.19. The van der Waals surface area contributed by atoms with Crippen LogP contribution in [0.3, 0.4) is 0 Å². The maximum atomic E-state index is 14.7. The molecule has 0 aliphatic carbocycles. The second kappa shape index (κ2) is 7.61. The van der Waals surface area contributed by atoms with Crippen LogP contribution in [0, 0.1) is 0 Å². The van der Waals surface area contributed by atoms with Crippen molar-refractivity contribution in [2.24, 2.45) is 0 Å². The van der Waals surface area contributed by atoms with Crippen molar-refractivity contribution in [3.8, 4) is 29.3 Å². The molecule has 8 heteroatoms. The van der Waals surface area contributed by atoms with Crippen molar-refractivity contribution < 1.29 is 9.13 Å². The minimum atomic E-state index is -2.90. The first kappa shape index (κ1) is 21.8. The average Bonchev–Trinajstić information content (AvgIpc) is 3.74. The molecule has 2 unspecified atom stereocenters. The monoisotopic (exact) mass is 574 g/mol. The van der Waals surface area contributed by atoms with Crippen molar-refractivity contribution in [3.05, 3.63) is 95.7 Å². The summed E-state index contributed by atoms with van der Waals surface area (Å²) in [6.07, 6.45) is 0. The molecule has 2 aliphatic rings. The smallest absolute Gasteiger partial charge is 0.173 e. The molecule has 0 N–H and O–H groups in total. The van der Waals surface area contributed by atoms with E-state index in [1.165, 1.54) is 0 Å². The molecule has 0 saturated carbocycles. The summed E-state index contributed by atoms with van der Waals surface area (Å²) in [5.41, 5.74) is 0. The Hall–Kier alpha value is -2.30. The van der Waals surface area contributed by atoms with Crippen LogP contribution >= 0.6 is 59.6 Å². The third-order valence-corrected chi connectivity index (χ3v) is 18.4. The van der Waals surface area contributed by atoms with Crippen molar-refractivity contribution >= 4 is 91.5 Å². The van der Waals surface area contributed by atoms with Crippen molar-refractivity contribution in [1.29, 1.82) is 0 Å². The van der Waals surface area contributed by atoms with Crippen LogP contribution in [0.25, 0.3) is 29.3 Å². The van der Waals surface area contributed by atoms with Gasteiger partial charge in [0.05, 0.1) is 19.5 Å². The number of benzene rings is 2. The molecule has 0 amide bonds. The van der Waals surface area contributed by atoms with Gasteiger partial charge in [-0.1, -0.05) is 60.7 Å². The number of rotatable bonds is 3. The largest absolute Gasteiger partial charge is 0.309 e. The van der Waals surface area contributed by atoms with E-state index in [0.29, 0.717) is 0 Å². The van der Waals surface area contributed by atoms with E-state index in [1.54, 1.807) is 45.3 Å². The van der Waals surface area contributed by atoms with Gasteiger partial charge in [-0.3, -0.25) is 0 Å². The predicted molar refractivity (Wildman–Crippen MR) is 160 cm³/mol. The van der Waals surface area contributed by atoms with Crippen molar-refractivity contribution in [1.82, 2.24) is 0 Å². The molecule has 8 rings (SSSR count). The highest BCUT2D eigenvalue weighted by Gasteiger charge is 2.45.